The van der Waals surface area contributed by atoms with Crippen molar-refractivity contribution in [3.8, 4) is 17.2 Å². The monoisotopic (exact) mass is 390 g/mol. The van der Waals surface area contributed by atoms with Crippen LogP contribution in [0.2, 0.25) is 18.1 Å². The van der Waals surface area contributed by atoms with Crippen molar-refractivity contribution in [1.29, 1.82) is 0 Å². The zero-order valence-electron chi connectivity index (χ0n) is 18.6. The largest absolute Gasteiger partial charge is 0.543 e. The number of ether oxygens (including phenoxy) is 2. The van der Waals surface area contributed by atoms with Gasteiger partial charge in [-0.3, -0.25) is 0 Å². The second-order valence-electron chi connectivity index (χ2n) is 9.10. The van der Waals surface area contributed by atoms with Crippen LogP contribution in [0, 0.1) is 0 Å². The summed E-state index contributed by atoms with van der Waals surface area (Å²) < 4.78 is 18.7. The van der Waals surface area contributed by atoms with Crippen LogP contribution in [0.25, 0.3) is 6.08 Å². The van der Waals surface area contributed by atoms with Gasteiger partial charge in [-0.2, -0.15) is 0 Å². The Morgan fingerprint density at radius 1 is 1.22 bits per heavy atom. The maximum Gasteiger partial charge on any atom is 0.250 e. The maximum atomic E-state index is 6.70. The molecule has 0 amide bonds. The molecule has 1 aromatic rings. The minimum absolute atomic E-state index is 0.144. The molecule has 1 aliphatic heterocycles. The van der Waals surface area contributed by atoms with E-state index < -0.39 is 8.32 Å². The van der Waals surface area contributed by atoms with Crippen LogP contribution in [-0.4, -0.2) is 21.5 Å². The number of hydrogen-bond acceptors (Lipinski definition) is 3. The molecule has 1 atom stereocenters. The van der Waals surface area contributed by atoms with Crippen molar-refractivity contribution in [3.05, 3.63) is 23.3 Å². The molecule has 0 aromatic heterocycles. The highest BCUT2D eigenvalue weighted by Gasteiger charge is 2.40. The molecular weight excluding hydrogens is 352 g/mol. The van der Waals surface area contributed by atoms with Crippen LogP contribution in [0.4, 0.5) is 0 Å². The normalized spacial score (nSPS) is 17.1. The van der Waals surface area contributed by atoms with Gasteiger partial charge in [-0.1, -0.05) is 52.7 Å². The Balaban J connectivity index is 2.42. The van der Waals surface area contributed by atoms with Crippen molar-refractivity contribution >= 4 is 14.4 Å². The summed E-state index contributed by atoms with van der Waals surface area (Å²) in [6.45, 7) is 15.7. The third-order valence-electron chi connectivity index (χ3n) is 5.92. The highest BCUT2D eigenvalue weighted by molar-refractivity contribution is 6.74. The maximum absolute atomic E-state index is 6.70. The molecule has 1 aliphatic rings. The van der Waals surface area contributed by atoms with Crippen LogP contribution < -0.4 is 13.9 Å². The van der Waals surface area contributed by atoms with E-state index >= 15 is 0 Å². The third kappa shape index (κ3) is 4.90. The summed E-state index contributed by atoms with van der Waals surface area (Å²) in [6.07, 6.45) is 10.2. The number of unbranched alkanes of at least 4 members (excludes halogenated alkanes) is 2. The van der Waals surface area contributed by atoms with Crippen LogP contribution in [0.15, 0.2) is 12.1 Å². The van der Waals surface area contributed by atoms with Crippen LogP contribution >= 0.6 is 0 Å². The lowest BCUT2D eigenvalue weighted by Gasteiger charge is -2.37. The van der Waals surface area contributed by atoms with Gasteiger partial charge in [-0.25, -0.2) is 0 Å². The molecule has 3 nitrogen and oxygen atoms in total. The van der Waals surface area contributed by atoms with E-state index in [0.29, 0.717) is 0 Å². The summed E-state index contributed by atoms with van der Waals surface area (Å²) in [7, 11) is -0.231. The van der Waals surface area contributed by atoms with Crippen molar-refractivity contribution in [2.24, 2.45) is 0 Å². The molecule has 4 heteroatoms. The lowest BCUT2D eigenvalue weighted by molar-refractivity contribution is 0.209. The highest BCUT2D eigenvalue weighted by Crippen LogP contribution is 2.48. The van der Waals surface area contributed by atoms with E-state index in [1.54, 1.807) is 7.11 Å². The molecule has 0 radical (unpaired) electrons. The van der Waals surface area contributed by atoms with Crippen molar-refractivity contribution in [2.45, 2.75) is 91.0 Å². The van der Waals surface area contributed by atoms with Gasteiger partial charge in [0.1, 0.15) is 11.9 Å². The van der Waals surface area contributed by atoms with Gasteiger partial charge in [-0.05, 0) is 37.9 Å². The van der Waals surface area contributed by atoms with Gasteiger partial charge >= 0.3 is 0 Å². The molecule has 1 unspecified atom stereocenters. The zero-order chi connectivity index (χ0) is 20.2. The van der Waals surface area contributed by atoms with Gasteiger partial charge in [0.15, 0.2) is 11.5 Å². The van der Waals surface area contributed by atoms with Crippen LogP contribution in [0.3, 0.4) is 0 Å². The quantitative estimate of drug-likeness (QED) is 0.353. The lowest BCUT2D eigenvalue weighted by Crippen LogP contribution is -2.44. The highest BCUT2D eigenvalue weighted by atomic mass is 28.4. The molecule has 0 saturated carbocycles. The Morgan fingerprint density at radius 2 is 1.93 bits per heavy atom. The van der Waals surface area contributed by atoms with Gasteiger partial charge in [-0.15, -0.1) is 0 Å². The minimum Gasteiger partial charge on any atom is -0.543 e. The number of methoxy groups -OCH3 is 1. The van der Waals surface area contributed by atoms with E-state index in [2.05, 4.69) is 59.9 Å². The van der Waals surface area contributed by atoms with E-state index in [1.165, 1.54) is 24.8 Å². The second kappa shape index (κ2) is 8.72. The first-order valence-electron chi connectivity index (χ1n) is 10.4. The van der Waals surface area contributed by atoms with E-state index in [4.69, 9.17) is 13.9 Å². The summed E-state index contributed by atoms with van der Waals surface area (Å²) in [6, 6.07) is 2.03. The standard InChI is InChI=1S/C23H38O3Si/c1-9-11-12-14-17-15-19-18(13-10-2)20(16-21(24-6)22(19)25-17)26-27(7,8)23(3,4)5/h10,13,16-17H,9,11-12,14-15H2,1-8H3. The zero-order valence-corrected chi connectivity index (χ0v) is 19.6. The molecule has 0 saturated heterocycles. The molecule has 2 rings (SSSR count). The van der Waals surface area contributed by atoms with E-state index in [-0.39, 0.29) is 11.1 Å². The topological polar surface area (TPSA) is 27.7 Å². The fourth-order valence-corrected chi connectivity index (χ4v) is 4.27. The number of rotatable bonds is 8. The third-order valence-corrected chi connectivity index (χ3v) is 10.3. The number of fused-ring (bicyclic) bond motifs is 1. The number of hydrogen-bond donors (Lipinski definition) is 0. The molecule has 0 spiro atoms. The smallest absolute Gasteiger partial charge is 0.250 e. The molecule has 1 aromatic carbocycles. The molecule has 1 heterocycles. The molecule has 0 bridgehead atoms. The fraction of sp³-hybridized carbons (Fsp3) is 0.652. The van der Waals surface area contributed by atoms with Gasteiger partial charge in [0, 0.05) is 23.6 Å². The predicted octanol–water partition coefficient (Wildman–Crippen LogP) is 7.00. The Kier molecular flexibility index (Phi) is 7.07. The molecule has 0 N–H and O–H groups in total. The average Bonchev–Trinajstić information content (AvgIpc) is 3.00. The second-order valence-corrected chi connectivity index (χ2v) is 13.8. The SMILES string of the molecule is CC=Cc1c(O[Si](C)(C)C(C)(C)C)cc(OC)c2c1CC(CCCCC)O2. The van der Waals surface area contributed by atoms with Crippen molar-refractivity contribution in [3.63, 3.8) is 0 Å². The molecule has 27 heavy (non-hydrogen) atoms. The van der Waals surface area contributed by atoms with E-state index in [1.807, 2.05) is 6.07 Å². The summed E-state index contributed by atoms with van der Waals surface area (Å²) in [4.78, 5) is 0. The Bertz CT molecular complexity index is 671. The van der Waals surface area contributed by atoms with Crippen LogP contribution in [0.1, 0.15) is 71.4 Å². The molecule has 0 fully saturated rings. The number of benzene rings is 1. The molecular formula is C23H38O3Si. The predicted molar refractivity (Wildman–Crippen MR) is 118 cm³/mol. The van der Waals surface area contributed by atoms with Crippen molar-refractivity contribution < 1.29 is 13.9 Å². The Morgan fingerprint density at radius 3 is 2.48 bits per heavy atom. The minimum atomic E-state index is -1.95. The van der Waals surface area contributed by atoms with Gasteiger partial charge in [0.25, 0.3) is 8.32 Å². The fourth-order valence-electron chi connectivity index (χ4n) is 3.25. The average molecular weight is 391 g/mol. The Labute approximate surface area is 167 Å². The summed E-state index contributed by atoms with van der Waals surface area (Å²) >= 11 is 0. The van der Waals surface area contributed by atoms with Crippen molar-refractivity contribution in [1.82, 2.24) is 0 Å². The van der Waals surface area contributed by atoms with Crippen LogP contribution in [-0.2, 0) is 6.42 Å². The summed E-state index contributed by atoms with van der Waals surface area (Å²) in [5.74, 6) is 2.65. The van der Waals surface area contributed by atoms with Gasteiger partial charge < -0.3 is 13.9 Å². The van der Waals surface area contributed by atoms with Gasteiger partial charge in [0.05, 0.1) is 7.11 Å². The van der Waals surface area contributed by atoms with Gasteiger partial charge in [0.2, 0.25) is 0 Å². The van der Waals surface area contributed by atoms with E-state index in [0.717, 1.165) is 35.7 Å². The Hall–Kier alpha value is -1.42. The first kappa shape index (κ1) is 21.9. The summed E-state index contributed by atoms with van der Waals surface area (Å²) in [5.41, 5.74) is 2.40. The lowest BCUT2D eigenvalue weighted by atomic mass is 9.99. The summed E-state index contributed by atoms with van der Waals surface area (Å²) in [5, 5.41) is 0.144. The first-order valence-corrected chi connectivity index (χ1v) is 13.3. The van der Waals surface area contributed by atoms with E-state index in [9.17, 15) is 0 Å². The molecule has 0 aliphatic carbocycles. The molecule has 152 valence electrons. The number of allylic oxidation sites excluding steroid dienone is 1. The van der Waals surface area contributed by atoms with Crippen molar-refractivity contribution in [2.75, 3.05) is 7.11 Å². The first-order chi connectivity index (χ1) is 12.6. The van der Waals surface area contributed by atoms with Crippen LogP contribution in [0.5, 0.6) is 17.2 Å².